The number of aromatic nitrogens is 2. The molecule has 3 aliphatic rings. The molecule has 5 heterocycles. The Labute approximate surface area is 729 Å². The van der Waals surface area contributed by atoms with Crippen LogP contribution in [0.3, 0.4) is 0 Å². The van der Waals surface area contributed by atoms with Crippen LogP contribution in [0, 0.1) is 0 Å². The molecule has 5 aromatic rings. The number of nitrogens with two attached hydrogens (primary N) is 3. The second kappa shape index (κ2) is 46.3. The number of carboxylic acid groups (broad SMARTS) is 1. The highest BCUT2D eigenvalue weighted by atomic mass is 32.2. The fourth-order valence-corrected chi connectivity index (χ4v) is 16.1. The van der Waals surface area contributed by atoms with E-state index in [1.807, 2.05) is 13.8 Å². The van der Waals surface area contributed by atoms with E-state index in [9.17, 15) is 92.3 Å². The Bertz CT molecular complexity index is 4820. The van der Waals surface area contributed by atoms with Gasteiger partial charge in [-0.05, 0) is 80.5 Å². The van der Waals surface area contributed by atoms with E-state index in [4.69, 9.17) is 17.2 Å². The minimum absolute atomic E-state index is 0.00272. The number of nitrogens with zero attached hydrogens (tertiary/aromatic N) is 5. The molecule has 22 N–H and O–H groups in total. The maximum atomic E-state index is 15.5. The largest absolute Gasteiger partial charge is 0.508 e. The van der Waals surface area contributed by atoms with E-state index in [1.165, 1.54) is 59.3 Å². The molecule has 684 valence electrons. The molecule has 0 radical (unpaired) electrons. The Morgan fingerprint density at radius 3 is 1.64 bits per heavy atom. The van der Waals surface area contributed by atoms with Gasteiger partial charge in [0.15, 0.2) is 0 Å². The number of thioether (sulfide) groups is 1. The first kappa shape index (κ1) is 98.7. The van der Waals surface area contributed by atoms with E-state index in [0.717, 1.165) is 36.3 Å². The number of rotatable bonds is 21. The number of aliphatic hydroxyl groups excluding tert-OH is 2. The van der Waals surface area contributed by atoms with Crippen LogP contribution in [0.2, 0.25) is 0 Å². The number of likely N-dealkylation sites (N-methyl/N-ethyl adjacent to an activating group) is 3. The van der Waals surface area contributed by atoms with Gasteiger partial charge in [-0.2, -0.15) is 0 Å². The van der Waals surface area contributed by atoms with E-state index in [0.29, 0.717) is 64.2 Å². The van der Waals surface area contributed by atoms with Crippen molar-refractivity contribution in [2.45, 2.75) is 208 Å². The normalized spacial score (nSPS) is 25.7. The van der Waals surface area contributed by atoms with Gasteiger partial charge in [-0.3, -0.25) is 86.3 Å². The van der Waals surface area contributed by atoms with Crippen LogP contribution in [-0.2, 0) is 106 Å². The number of phenolic OH excluding ortho intramolecular Hbond substituents is 1. The van der Waals surface area contributed by atoms with Gasteiger partial charge < -0.3 is 125 Å². The van der Waals surface area contributed by atoms with Gasteiger partial charge in [0.2, 0.25) is 100 Å². The Balaban J connectivity index is 1.16. The molecule has 0 saturated carbocycles. The molecule has 0 bridgehead atoms. The molecule has 42 nitrogen and oxygen atoms in total. The SMILES string of the molecule is CCCC[C@H]1C(=O)N(C)[C@@H](CCCC)C(=O)N[C@@H](C)C(=O)N[C@H](C(=O)NCC(N)=O)CSCC(=O)N[C@@H](Cc2ccc(O)cc2)C(=O)N(C)[C@@H](C)C(=O)N[C@@H](CC(N)=O)C(=O)N2CCC[C@H]2C(=O)N[C@@H](CN)C(=O)N[C@@H](CC(=O)O)C(=O)N2C[C@H](O)C[C@H]2C(=O)N[C@@H](Cc2c[nH]c3ccccc23)C(=O)N[C@@H](CO)C(=O)N[C@@H](Cc2c[nH]c3ccccc23)C(=O)N1C. The molecule has 0 aliphatic carbocycles. The van der Waals surface area contributed by atoms with Gasteiger partial charge in [0.25, 0.3) is 0 Å². The van der Waals surface area contributed by atoms with E-state index >= 15 is 14.4 Å². The summed E-state index contributed by atoms with van der Waals surface area (Å²) in [5.74, 6) is -20.0. The van der Waals surface area contributed by atoms with Crippen molar-refractivity contribution < 1.29 is 107 Å². The number of aliphatic hydroxyl groups is 2. The zero-order valence-electron chi connectivity index (χ0n) is 71.1. The molecule has 17 amide bonds. The van der Waals surface area contributed by atoms with Crippen LogP contribution < -0.4 is 70.4 Å². The Morgan fingerprint density at radius 1 is 0.532 bits per heavy atom. The number of para-hydroxylation sites is 2. The predicted molar refractivity (Wildman–Crippen MR) is 456 cm³/mol. The quantitative estimate of drug-likeness (QED) is 0.0328. The fraction of sp³-hybridized carbons (Fsp3) is 0.518. The number of carbonyl (C=O) groups is 18. The summed E-state index contributed by atoms with van der Waals surface area (Å²) in [5.41, 5.74) is 19.6. The number of aromatic amines is 2. The van der Waals surface area contributed by atoms with Crippen LogP contribution in [0.5, 0.6) is 5.75 Å². The molecule has 3 fully saturated rings. The lowest BCUT2D eigenvalue weighted by atomic mass is 10.00. The van der Waals surface area contributed by atoms with Gasteiger partial charge in [0.1, 0.15) is 90.3 Å². The molecule has 2 aromatic heterocycles. The number of amides is 17. The third kappa shape index (κ3) is 26.4. The Kier molecular flexibility index (Phi) is 36.2. The van der Waals surface area contributed by atoms with Crippen LogP contribution in [0.4, 0.5) is 0 Å². The predicted octanol–water partition coefficient (Wildman–Crippen LogP) is -4.75. The lowest BCUT2D eigenvalue weighted by Crippen LogP contribution is -2.62. The lowest BCUT2D eigenvalue weighted by Gasteiger charge is -2.36. The zero-order chi connectivity index (χ0) is 92.5. The smallest absolute Gasteiger partial charge is 0.305 e. The summed E-state index contributed by atoms with van der Waals surface area (Å²) in [5, 5.41) is 68.9. The number of hydrogen-bond acceptors (Lipinski definition) is 23. The number of carboxylic acids is 1. The van der Waals surface area contributed by atoms with E-state index in [2.05, 4.69) is 63.1 Å². The number of benzene rings is 3. The second-order valence-corrected chi connectivity index (χ2v) is 32.6. The molecule has 43 heteroatoms. The number of nitrogens with one attached hydrogen (secondary N) is 12. The van der Waals surface area contributed by atoms with Crippen LogP contribution in [0.15, 0.2) is 85.2 Å². The molecular weight excluding hydrogens is 1660 g/mol. The second-order valence-electron chi connectivity index (χ2n) is 31.6. The number of phenols is 1. The highest BCUT2D eigenvalue weighted by molar-refractivity contribution is 8.00. The minimum atomic E-state index is -2.07. The monoisotopic (exact) mass is 1770 g/mol. The summed E-state index contributed by atoms with van der Waals surface area (Å²) < 4.78 is 0. The summed E-state index contributed by atoms with van der Waals surface area (Å²) in [6.07, 6.45) is -0.102. The number of hydrogen-bond donors (Lipinski definition) is 19. The number of aromatic hydroxyl groups is 1. The van der Waals surface area contributed by atoms with Crippen molar-refractivity contribution in [2.24, 2.45) is 17.2 Å². The van der Waals surface area contributed by atoms with Gasteiger partial charge in [-0.1, -0.05) is 88.1 Å². The lowest BCUT2D eigenvalue weighted by molar-refractivity contribution is -0.149. The van der Waals surface area contributed by atoms with Gasteiger partial charge in [0.05, 0.1) is 37.9 Å². The first-order valence-electron chi connectivity index (χ1n) is 41.5. The highest BCUT2D eigenvalue weighted by Crippen LogP contribution is 2.27. The minimum Gasteiger partial charge on any atom is -0.508 e. The van der Waals surface area contributed by atoms with Gasteiger partial charge >= 0.3 is 5.97 Å². The third-order valence-electron chi connectivity index (χ3n) is 22.4. The molecule has 15 atom stereocenters. The van der Waals surface area contributed by atoms with Crippen molar-refractivity contribution in [2.75, 3.05) is 65.4 Å². The molecule has 0 spiro atoms. The number of carbonyl (C=O) groups excluding carboxylic acids is 17. The first-order valence-corrected chi connectivity index (χ1v) is 42.7. The summed E-state index contributed by atoms with van der Waals surface area (Å²) in [4.78, 5) is 268. The summed E-state index contributed by atoms with van der Waals surface area (Å²) in [6, 6.07) is -3.55. The standard InChI is InChI=1S/C83H114N20O22S/c1-8-10-21-62-76(118)90-43(3)70(112)98-61(72(114)89-38-67(86)108)41-126-42-68(109)91-55(29-45-24-26-48(105)27-25-45)79(121)99(5)44(4)71(113)93-57(33-66(85)107)81(123)102-28-16-23-63(102)77(119)96-59(35-84)74(116)95-58(34-69(110)111)82(124)103-39-49(106)32-65(103)78(120)92-54(30-46-36-87-52-19-14-12-17-50(46)52)73(115)97-60(40-104)75(117)94-56(31-47-37-88-53-20-15-13-18-51(47)53)80(122)101(7)64(22-11-9-2)83(125)100(62)6/h12-15,17-20,24-27,36-37,43-44,49,54-65,87-88,104-106H,8-11,16,21-23,28-35,38-42,84H2,1-7H3,(H2,85,107)(H2,86,108)(H,89,114)(H,90,118)(H,91,109)(H,92,120)(H,93,113)(H,94,117)(H,95,116)(H,96,119)(H,97,115)(H,98,112)(H,110,111)/t43-,44-,49+,54-,55-,56-,57-,58-,59-,60-,61-,62-,63-,64-,65-/m0/s1. The molecule has 126 heavy (non-hydrogen) atoms. The number of aliphatic carboxylic acids is 1. The average molecular weight is 1780 g/mol. The Hall–Kier alpha value is -12.8. The average Bonchev–Trinajstić information content (AvgIpc) is 1.71. The van der Waals surface area contributed by atoms with Crippen LogP contribution >= 0.6 is 11.8 Å². The number of unbranched alkanes of at least 4 members (excludes halogenated alkanes) is 2. The molecule has 8 rings (SSSR count). The molecule has 3 aromatic carbocycles. The number of primary amides is 2. The maximum absolute atomic E-state index is 15.5. The van der Waals surface area contributed by atoms with Gasteiger partial charge in [0, 0.05) is 106 Å². The molecule has 3 saturated heterocycles. The number of fused-ring (bicyclic) bond motifs is 4. The molecular formula is C83H114N20O22S. The first-order chi connectivity index (χ1) is 59.9. The van der Waals surface area contributed by atoms with Crippen molar-refractivity contribution in [1.82, 2.24) is 87.6 Å². The zero-order valence-corrected chi connectivity index (χ0v) is 71.9. The van der Waals surface area contributed by atoms with Crippen LogP contribution in [0.1, 0.15) is 115 Å². The fourth-order valence-electron chi connectivity index (χ4n) is 15.2. The molecule has 0 unspecified atom stereocenters. The summed E-state index contributed by atoms with van der Waals surface area (Å²) >= 11 is 0.764. The van der Waals surface area contributed by atoms with E-state index in [1.54, 1.807) is 60.9 Å². The van der Waals surface area contributed by atoms with Crippen molar-refractivity contribution >= 4 is 140 Å². The summed E-state index contributed by atoms with van der Waals surface area (Å²) in [6.45, 7) is 2.79. The van der Waals surface area contributed by atoms with Gasteiger partial charge in [-0.25, -0.2) is 0 Å². The Morgan fingerprint density at radius 2 is 1.05 bits per heavy atom. The van der Waals surface area contributed by atoms with Crippen molar-refractivity contribution in [3.8, 4) is 5.75 Å². The summed E-state index contributed by atoms with van der Waals surface area (Å²) in [7, 11) is 3.85. The van der Waals surface area contributed by atoms with E-state index < -0.39 is 254 Å². The molecule has 3 aliphatic heterocycles. The van der Waals surface area contributed by atoms with E-state index in [-0.39, 0.29) is 57.2 Å². The third-order valence-corrected chi connectivity index (χ3v) is 23.4. The van der Waals surface area contributed by atoms with Crippen molar-refractivity contribution in [3.05, 3.63) is 102 Å². The van der Waals surface area contributed by atoms with Crippen molar-refractivity contribution in [1.29, 1.82) is 0 Å². The highest BCUT2D eigenvalue weighted by Gasteiger charge is 2.47. The maximum Gasteiger partial charge on any atom is 0.305 e. The topological polar surface area (TPSA) is 634 Å². The van der Waals surface area contributed by atoms with Crippen molar-refractivity contribution in [3.63, 3.8) is 0 Å². The number of H-pyrrole nitrogens is 2. The van der Waals surface area contributed by atoms with Crippen LogP contribution in [-0.4, -0.2) is 317 Å². The van der Waals surface area contributed by atoms with Gasteiger partial charge in [-0.15, -0.1) is 11.8 Å². The van der Waals surface area contributed by atoms with Crippen LogP contribution in [0.25, 0.3) is 21.8 Å².